The Morgan fingerprint density at radius 1 is 1.00 bits per heavy atom. The molecule has 37 heavy (non-hydrogen) atoms. The summed E-state index contributed by atoms with van der Waals surface area (Å²) in [5.74, 6) is 0.477. The Hall–Kier alpha value is -2.03. The summed E-state index contributed by atoms with van der Waals surface area (Å²) in [5, 5.41) is 14.5. The second-order valence-corrected chi connectivity index (χ2v) is 12.3. The van der Waals surface area contributed by atoms with E-state index in [4.69, 9.17) is 28.9 Å². The van der Waals surface area contributed by atoms with Gasteiger partial charge in [-0.1, -0.05) is 23.2 Å². The maximum absolute atomic E-state index is 13.3. The molecule has 2 aromatic rings. The Balaban J connectivity index is 1.34. The lowest BCUT2D eigenvalue weighted by atomic mass is 9.76. The van der Waals surface area contributed by atoms with Crippen LogP contribution in [0.15, 0.2) is 28.9 Å². The lowest BCUT2D eigenvalue weighted by Gasteiger charge is -2.37. The molecule has 0 spiro atoms. The number of nitrogens with zero attached hydrogens (tertiary/aromatic N) is 3. The van der Waals surface area contributed by atoms with Crippen LogP contribution in [0, 0.1) is 17.0 Å². The Kier molecular flexibility index (Phi) is 7.89. The molecule has 0 bridgehead atoms. The van der Waals surface area contributed by atoms with Gasteiger partial charge in [0.1, 0.15) is 0 Å². The van der Waals surface area contributed by atoms with Gasteiger partial charge in [0.15, 0.2) is 6.20 Å². The van der Waals surface area contributed by atoms with Crippen molar-refractivity contribution in [2.24, 2.45) is 17.6 Å². The number of hydrogen-bond donors (Lipinski definition) is 1. The number of aryl methyl sites for hydroxylation is 2. The third-order valence-corrected chi connectivity index (χ3v) is 9.29. The van der Waals surface area contributed by atoms with Crippen LogP contribution in [0.25, 0.3) is 0 Å². The van der Waals surface area contributed by atoms with Crippen molar-refractivity contribution < 1.29 is 14.3 Å². The van der Waals surface area contributed by atoms with E-state index >= 15 is 0 Å². The fraction of sp³-hybridized carbons (Fsp3) is 0.519. The number of primary amides is 1. The van der Waals surface area contributed by atoms with Crippen LogP contribution in [0.5, 0.6) is 0 Å². The molecule has 1 aromatic heterocycles. The van der Waals surface area contributed by atoms with E-state index in [-0.39, 0.29) is 29.7 Å². The molecule has 2 saturated heterocycles. The Labute approximate surface area is 235 Å². The van der Waals surface area contributed by atoms with Gasteiger partial charge in [-0.05, 0) is 95.6 Å². The van der Waals surface area contributed by atoms with Crippen LogP contribution in [0.2, 0.25) is 10.0 Å². The lowest BCUT2D eigenvalue weighted by molar-refractivity contribution is -0.616. The summed E-state index contributed by atoms with van der Waals surface area (Å²) in [6.07, 6.45) is 6.79. The normalized spacial score (nSPS) is 20.8. The molecule has 5 rings (SSSR count). The van der Waals surface area contributed by atoms with Crippen molar-refractivity contribution >= 4 is 51.1 Å². The number of nitrogens with two attached hydrogens (primary N) is 1. The molecule has 3 aliphatic rings. The standard InChI is InChI=1S/C27H31BrCl2N4O3/c28-20-12-19-2-1-18-13-21(29)14-22(30)24(18)25(26(19)34(37)15-20)17-5-9-32(10-6-17)23(35)11-16-3-7-33(8-4-16)27(31)36/h12-17,25H,1-11H2,(H2,31,36). The molecule has 198 valence electrons. The van der Waals surface area contributed by atoms with E-state index < -0.39 is 0 Å². The number of likely N-dealkylation sites (tertiary alicyclic amines) is 2. The van der Waals surface area contributed by atoms with E-state index in [9.17, 15) is 14.8 Å². The van der Waals surface area contributed by atoms with E-state index in [0.29, 0.717) is 42.6 Å². The van der Waals surface area contributed by atoms with Crippen LogP contribution >= 0.6 is 39.1 Å². The van der Waals surface area contributed by atoms with Gasteiger partial charge in [-0.15, -0.1) is 0 Å². The van der Waals surface area contributed by atoms with E-state index in [1.165, 1.54) is 0 Å². The van der Waals surface area contributed by atoms with Crippen molar-refractivity contribution in [3.8, 4) is 0 Å². The Morgan fingerprint density at radius 2 is 1.65 bits per heavy atom. The van der Waals surface area contributed by atoms with Gasteiger partial charge < -0.3 is 20.7 Å². The molecule has 1 aromatic carbocycles. The Bertz CT molecular complexity index is 1150. The summed E-state index contributed by atoms with van der Waals surface area (Å²) in [4.78, 5) is 28.1. The number of pyridine rings is 1. The van der Waals surface area contributed by atoms with Gasteiger partial charge in [0.25, 0.3) is 0 Å². The van der Waals surface area contributed by atoms with Gasteiger partial charge in [-0.2, -0.15) is 4.73 Å². The fourth-order valence-corrected chi connectivity index (χ4v) is 7.53. The first-order valence-corrected chi connectivity index (χ1v) is 14.5. The number of fused-ring (bicyclic) bond motifs is 2. The summed E-state index contributed by atoms with van der Waals surface area (Å²) < 4.78 is 1.76. The molecule has 1 atom stereocenters. The van der Waals surface area contributed by atoms with Gasteiger partial charge in [0.2, 0.25) is 11.6 Å². The second kappa shape index (κ2) is 11.0. The number of urea groups is 1. The predicted molar refractivity (Wildman–Crippen MR) is 147 cm³/mol. The number of carbonyl (C=O) groups excluding carboxylic acids is 2. The first-order chi connectivity index (χ1) is 17.7. The molecular formula is C27H31BrCl2N4O3. The SMILES string of the molecule is NC(=O)N1CCC(CC(=O)N2CCC(C3c4c(Cl)cc(Cl)cc4CCc4cc(Br)c[n+]([O-])c43)CC2)CC1. The average Bonchev–Trinajstić information content (AvgIpc) is 3.02. The topological polar surface area (TPSA) is 93.6 Å². The zero-order valence-corrected chi connectivity index (χ0v) is 23.7. The third kappa shape index (κ3) is 5.57. The summed E-state index contributed by atoms with van der Waals surface area (Å²) in [6, 6.07) is 5.41. The second-order valence-electron chi connectivity index (χ2n) is 10.5. The molecule has 2 fully saturated rings. The number of rotatable bonds is 3. The van der Waals surface area contributed by atoms with Crippen molar-refractivity contribution in [3.05, 3.63) is 66.5 Å². The number of aromatic nitrogens is 1. The molecule has 0 saturated carbocycles. The van der Waals surface area contributed by atoms with Crippen molar-refractivity contribution in [1.29, 1.82) is 0 Å². The molecule has 10 heteroatoms. The van der Waals surface area contributed by atoms with Crippen LogP contribution in [-0.4, -0.2) is 47.9 Å². The highest BCUT2D eigenvalue weighted by Crippen LogP contribution is 2.45. The van der Waals surface area contributed by atoms with E-state index in [2.05, 4.69) is 15.9 Å². The number of benzene rings is 1. The first-order valence-electron chi connectivity index (χ1n) is 12.9. The summed E-state index contributed by atoms with van der Waals surface area (Å²) in [6.45, 7) is 2.55. The van der Waals surface area contributed by atoms with Crippen molar-refractivity contribution in [2.75, 3.05) is 26.2 Å². The van der Waals surface area contributed by atoms with E-state index in [1.54, 1.807) is 17.2 Å². The zero-order chi connectivity index (χ0) is 26.3. The van der Waals surface area contributed by atoms with Crippen molar-refractivity contribution in [2.45, 2.75) is 50.9 Å². The minimum Gasteiger partial charge on any atom is -0.618 e. The molecule has 7 nitrogen and oxygen atoms in total. The van der Waals surface area contributed by atoms with Gasteiger partial charge in [0.05, 0.1) is 10.4 Å². The summed E-state index contributed by atoms with van der Waals surface area (Å²) in [5.41, 5.74) is 9.27. The maximum Gasteiger partial charge on any atom is 0.314 e. The predicted octanol–water partition coefficient (Wildman–Crippen LogP) is 5.04. The number of piperidine rings is 2. The maximum atomic E-state index is 13.3. The van der Waals surface area contributed by atoms with Crippen molar-refractivity contribution in [3.63, 3.8) is 0 Å². The number of halogens is 3. The molecule has 3 amide bonds. The quantitative estimate of drug-likeness (QED) is 0.390. The molecule has 2 N–H and O–H groups in total. The highest BCUT2D eigenvalue weighted by Gasteiger charge is 2.40. The summed E-state index contributed by atoms with van der Waals surface area (Å²) in [7, 11) is 0. The fourth-order valence-electron chi connectivity index (χ4n) is 6.41. The average molecular weight is 610 g/mol. The smallest absolute Gasteiger partial charge is 0.314 e. The van der Waals surface area contributed by atoms with Crippen LogP contribution in [-0.2, 0) is 17.6 Å². The first kappa shape index (κ1) is 26.6. The summed E-state index contributed by atoms with van der Waals surface area (Å²) >= 11 is 16.6. The molecule has 1 aliphatic carbocycles. The van der Waals surface area contributed by atoms with Crippen LogP contribution < -0.4 is 10.5 Å². The van der Waals surface area contributed by atoms with Gasteiger partial charge >= 0.3 is 6.03 Å². The van der Waals surface area contributed by atoms with E-state index in [0.717, 1.165) is 70.1 Å². The van der Waals surface area contributed by atoms with Gasteiger partial charge in [-0.25, -0.2) is 4.79 Å². The Morgan fingerprint density at radius 3 is 2.32 bits per heavy atom. The van der Waals surface area contributed by atoms with Gasteiger partial charge in [-0.3, -0.25) is 4.79 Å². The minimum absolute atomic E-state index is 0.154. The number of carbonyl (C=O) groups is 2. The largest absolute Gasteiger partial charge is 0.618 e. The monoisotopic (exact) mass is 608 g/mol. The van der Waals surface area contributed by atoms with Crippen LogP contribution in [0.4, 0.5) is 4.79 Å². The molecule has 0 radical (unpaired) electrons. The highest BCUT2D eigenvalue weighted by molar-refractivity contribution is 9.10. The number of hydrogen-bond acceptors (Lipinski definition) is 3. The molecule has 3 heterocycles. The molecular weight excluding hydrogens is 579 g/mol. The van der Waals surface area contributed by atoms with Crippen molar-refractivity contribution in [1.82, 2.24) is 9.80 Å². The van der Waals surface area contributed by atoms with Gasteiger partial charge in [0, 0.05) is 48.2 Å². The lowest BCUT2D eigenvalue weighted by Crippen LogP contribution is -2.44. The van der Waals surface area contributed by atoms with Crippen LogP contribution in [0.3, 0.4) is 0 Å². The molecule has 2 aliphatic heterocycles. The third-order valence-electron chi connectivity index (χ3n) is 8.32. The highest BCUT2D eigenvalue weighted by atomic mass is 79.9. The zero-order valence-electron chi connectivity index (χ0n) is 20.6. The molecule has 1 unspecified atom stereocenters. The minimum atomic E-state index is -0.386. The van der Waals surface area contributed by atoms with Crippen LogP contribution in [0.1, 0.15) is 60.4 Å². The number of amides is 3. The van der Waals surface area contributed by atoms with E-state index in [1.807, 2.05) is 17.0 Å².